The second-order valence-electron chi connectivity index (χ2n) is 7.64. The topological polar surface area (TPSA) is 98.4 Å². The average Bonchev–Trinajstić information content (AvgIpc) is 3.44. The summed E-state index contributed by atoms with van der Waals surface area (Å²) in [5, 5.41) is 9.61. The number of para-hydroxylation sites is 1. The fourth-order valence-electron chi connectivity index (χ4n) is 3.31. The number of hydrogen-bond donors (Lipinski definition) is 2. The summed E-state index contributed by atoms with van der Waals surface area (Å²) in [5.74, 6) is 0.866. The lowest BCUT2D eigenvalue weighted by atomic mass is 10.1. The number of carbonyl (C=O) groups excluding carboxylic acids is 2. The maximum atomic E-state index is 12.5. The number of furan rings is 1. The van der Waals surface area contributed by atoms with Crippen LogP contribution in [0.1, 0.15) is 37.9 Å². The number of aromatic nitrogens is 2. The molecule has 0 saturated heterocycles. The second kappa shape index (κ2) is 9.44. The van der Waals surface area contributed by atoms with Gasteiger partial charge in [0.2, 0.25) is 0 Å². The Morgan fingerprint density at radius 3 is 2.15 bits per heavy atom. The van der Waals surface area contributed by atoms with E-state index < -0.39 is 0 Å². The predicted molar refractivity (Wildman–Crippen MR) is 125 cm³/mol. The first-order valence-corrected chi connectivity index (χ1v) is 10.4. The number of anilines is 2. The van der Waals surface area contributed by atoms with Gasteiger partial charge in [-0.05, 0) is 67.4 Å². The molecular formula is C25H24N4O4. The molecule has 0 aliphatic rings. The maximum Gasteiger partial charge on any atom is 0.291 e. The Kier molecular flexibility index (Phi) is 6.26. The van der Waals surface area contributed by atoms with Gasteiger partial charge in [0.25, 0.3) is 11.8 Å². The fourth-order valence-corrected chi connectivity index (χ4v) is 3.31. The molecule has 0 atom stereocenters. The highest BCUT2D eigenvalue weighted by atomic mass is 16.5. The summed E-state index contributed by atoms with van der Waals surface area (Å²) in [6.45, 7) is 4.20. The van der Waals surface area contributed by atoms with Gasteiger partial charge in [0, 0.05) is 24.6 Å². The van der Waals surface area contributed by atoms with E-state index in [2.05, 4.69) is 15.7 Å². The van der Waals surface area contributed by atoms with Crippen LogP contribution in [0.4, 0.5) is 11.4 Å². The van der Waals surface area contributed by atoms with Gasteiger partial charge in [0.15, 0.2) is 11.5 Å². The molecule has 168 valence electrons. The minimum Gasteiger partial charge on any atom is -0.485 e. The molecule has 0 radical (unpaired) electrons. The Bertz CT molecular complexity index is 1270. The van der Waals surface area contributed by atoms with Crippen molar-refractivity contribution in [3.05, 3.63) is 95.2 Å². The molecule has 0 fully saturated rings. The summed E-state index contributed by atoms with van der Waals surface area (Å²) in [7, 11) is 1.74. The molecule has 0 bridgehead atoms. The molecule has 4 rings (SSSR count). The van der Waals surface area contributed by atoms with E-state index in [0.717, 1.165) is 16.9 Å². The van der Waals surface area contributed by atoms with Crippen LogP contribution in [0.2, 0.25) is 0 Å². The molecule has 2 amide bonds. The highest BCUT2D eigenvalue weighted by molar-refractivity contribution is 6.04. The van der Waals surface area contributed by atoms with Gasteiger partial charge in [-0.3, -0.25) is 14.3 Å². The van der Waals surface area contributed by atoms with Crippen LogP contribution in [-0.4, -0.2) is 21.6 Å². The van der Waals surface area contributed by atoms with Crippen molar-refractivity contribution in [1.29, 1.82) is 0 Å². The molecule has 0 aliphatic heterocycles. The van der Waals surface area contributed by atoms with Crippen molar-refractivity contribution in [3.63, 3.8) is 0 Å². The number of ether oxygens (including phenoxy) is 1. The first-order valence-electron chi connectivity index (χ1n) is 10.4. The Labute approximate surface area is 191 Å². The number of aryl methyl sites for hydroxylation is 3. The Morgan fingerprint density at radius 2 is 1.55 bits per heavy atom. The third kappa shape index (κ3) is 5.30. The van der Waals surface area contributed by atoms with Gasteiger partial charge in [0.05, 0.1) is 0 Å². The Morgan fingerprint density at radius 1 is 0.909 bits per heavy atom. The third-order valence-corrected chi connectivity index (χ3v) is 5.00. The van der Waals surface area contributed by atoms with E-state index in [1.54, 1.807) is 60.4 Å². The third-order valence-electron chi connectivity index (χ3n) is 5.00. The van der Waals surface area contributed by atoms with Gasteiger partial charge < -0.3 is 19.8 Å². The van der Waals surface area contributed by atoms with E-state index in [-0.39, 0.29) is 24.2 Å². The molecular weight excluding hydrogens is 420 g/mol. The molecule has 0 saturated carbocycles. The van der Waals surface area contributed by atoms with Crippen LogP contribution in [-0.2, 0) is 13.7 Å². The monoisotopic (exact) mass is 444 g/mol. The number of benzene rings is 2. The van der Waals surface area contributed by atoms with Crippen molar-refractivity contribution < 1.29 is 18.7 Å². The van der Waals surface area contributed by atoms with E-state index in [0.29, 0.717) is 22.8 Å². The Hall–Kier alpha value is -4.33. The zero-order valence-electron chi connectivity index (χ0n) is 18.6. The highest BCUT2D eigenvalue weighted by Gasteiger charge is 2.13. The molecule has 0 unspecified atom stereocenters. The van der Waals surface area contributed by atoms with Crippen LogP contribution >= 0.6 is 0 Å². The smallest absolute Gasteiger partial charge is 0.291 e. The molecule has 8 heteroatoms. The molecule has 33 heavy (non-hydrogen) atoms. The number of carbonyl (C=O) groups is 2. The van der Waals surface area contributed by atoms with E-state index in [4.69, 9.17) is 9.15 Å². The maximum absolute atomic E-state index is 12.5. The second-order valence-corrected chi connectivity index (χ2v) is 7.64. The standard InChI is InChI=1S/C25H24N4O4/c1-16-5-4-6-17(2)23(16)32-15-20-11-12-22(33-20)25(31)27-19-9-7-18(8-10-19)26-24(30)21-13-14-29(3)28-21/h4-14H,15H2,1-3H3,(H,26,30)(H,27,31). The van der Waals surface area contributed by atoms with Crippen molar-refractivity contribution >= 4 is 23.2 Å². The molecule has 2 N–H and O–H groups in total. The van der Waals surface area contributed by atoms with Crippen molar-refractivity contribution in [3.8, 4) is 5.75 Å². The summed E-state index contributed by atoms with van der Waals surface area (Å²) in [6, 6.07) is 17.7. The molecule has 2 aromatic heterocycles. The largest absolute Gasteiger partial charge is 0.485 e. The van der Waals surface area contributed by atoms with E-state index >= 15 is 0 Å². The van der Waals surface area contributed by atoms with Crippen LogP contribution in [0.15, 0.2) is 71.3 Å². The number of amides is 2. The molecule has 0 aliphatic carbocycles. The summed E-state index contributed by atoms with van der Waals surface area (Å²) in [6.07, 6.45) is 1.70. The van der Waals surface area contributed by atoms with Gasteiger partial charge in [0.1, 0.15) is 18.1 Å². The minimum atomic E-state index is -0.376. The van der Waals surface area contributed by atoms with Gasteiger partial charge in [-0.25, -0.2) is 0 Å². The number of rotatable bonds is 7. The normalized spacial score (nSPS) is 10.6. The molecule has 2 aromatic carbocycles. The van der Waals surface area contributed by atoms with E-state index in [1.807, 2.05) is 32.0 Å². The predicted octanol–water partition coefficient (Wildman–Crippen LogP) is 4.71. The molecule has 8 nitrogen and oxygen atoms in total. The van der Waals surface area contributed by atoms with Gasteiger partial charge in [-0.1, -0.05) is 18.2 Å². The molecule has 0 spiro atoms. The highest BCUT2D eigenvalue weighted by Crippen LogP contribution is 2.24. The quantitative estimate of drug-likeness (QED) is 0.430. The molecule has 4 aromatic rings. The first kappa shape index (κ1) is 21.9. The Balaban J connectivity index is 1.33. The summed E-state index contributed by atoms with van der Waals surface area (Å²) < 4.78 is 13.1. The summed E-state index contributed by atoms with van der Waals surface area (Å²) >= 11 is 0. The van der Waals surface area contributed by atoms with Crippen molar-refractivity contribution in [2.75, 3.05) is 10.6 Å². The summed E-state index contributed by atoms with van der Waals surface area (Å²) in [4.78, 5) is 24.7. The van der Waals surface area contributed by atoms with Crippen molar-refractivity contribution in [1.82, 2.24) is 9.78 Å². The van der Waals surface area contributed by atoms with Crippen LogP contribution < -0.4 is 15.4 Å². The van der Waals surface area contributed by atoms with Crippen LogP contribution in [0, 0.1) is 13.8 Å². The van der Waals surface area contributed by atoms with Crippen molar-refractivity contribution in [2.24, 2.45) is 7.05 Å². The van der Waals surface area contributed by atoms with E-state index in [1.165, 1.54) is 0 Å². The SMILES string of the molecule is Cc1cccc(C)c1OCc1ccc(C(=O)Nc2ccc(NC(=O)c3ccn(C)n3)cc2)o1. The zero-order valence-corrected chi connectivity index (χ0v) is 18.6. The minimum absolute atomic E-state index is 0.183. The number of hydrogen-bond acceptors (Lipinski definition) is 5. The average molecular weight is 444 g/mol. The summed E-state index contributed by atoms with van der Waals surface area (Å²) in [5.41, 5.74) is 3.57. The number of nitrogens with zero attached hydrogens (tertiary/aromatic N) is 2. The molecule has 2 heterocycles. The van der Waals surface area contributed by atoms with E-state index in [9.17, 15) is 9.59 Å². The zero-order chi connectivity index (χ0) is 23.4. The lowest BCUT2D eigenvalue weighted by Gasteiger charge is -2.10. The first-order chi connectivity index (χ1) is 15.9. The lowest BCUT2D eigenvalue weighted by Crippen LogP contribution is -2.13. The van der Waals surface area contributed by atoms with Crippen LogP contribution in [0.25, 0.3) is 0 Å². The van der Waals surface area contributed by atoms with Crippen molar-refractivity contribution in [2.45, 2.75) is 20.5 Å². The van der Waals surface area contributed by atoms with Crippen LogP contribution in [0.5, 0.6) is 5.75 Å². The van der Waals surface area contributed by atoms with Crippen LogP contribution in [0.3, 0.4) is 0 Å². The lowest BCUT2D eigenvalue weighted by molar-refractivity contribution is 0.0990. The van der Waals surface area contributed by atoms with Gasteiger partial charge >= 0.3 is 0 Å². The number of nitrogens with one attached hydrogen (secondary N) is 2. The fraction of sp³-hybridized carbons (Fsp3) is 0.160. The van der Waals surface area contributed by atoms with Gasteiger partial charge in [-0.15, -0.1) is 0 Å². The van der Waals surface area contributed by atoms with Gasteiger partial charge in [-0.2, -0.15) is 5.10 Å².